The van der Waals surface area contributed by atoms with Crippen LogP contribution in [0.5, 0.6) is 11.6 Å². The van der Waals surface area contributed by atoms with Crippen LogP contribution in [0, 0.1) is 5.82 Å². The van der Waals surface area contributed by atoms with Crippen molar-refractivity contribution >= 4 is 5.91 Å². The van der Waals surface area contributed by atoms with Gasteiger partial charge >= 0.3 is 0 Å². The number of aromatic nitrogens is 1. The van der Waals surface area contributed by atoms with Crippen molar-refractivity contribution in [1.29, 1.82) is 0 Å². The molecule has 0 saturated carbocycles. The molecule has 2 aromatic rings. The average Bonchev–Trinajstić information content (AvgIpc) is 2.66. The van der Waals surface area contributed by atoms with Gasteiger partial charge in [-0.3, -0.25) is 9.69 Å². The number of carbonyl (C=O) groups is 1. The number of hydrogen-bond acceptors (Lipinski definition) is 4. The summed E-state index contributed by atoms with van der Waals surface area (Å²) in [6.45, 7) is 7.11. The van der Waals surface area contributed by atoms with Crippen LogP contribution in [0.4, 0.5) is 4.39 Å². The van der Waals surface area contributed by atoms with Gasteiger partial charge in [-0.1, -0.05) is 32.8 Å². The highest BCUT2D eigenvalue weighted by Gasteiger charge is 2.11. The van der Waals surface area contributed by atoms with Gasteiger partial charge in [-0.2, -0.15) is 0 Å². The summed E-state index contributed by atoms with van der Waals surface area (Å²) >= 11 is 0. The number of rotatable bonds is 11. The van der Waals surface area contributed by atoms with Crippen molar-refractivity contribution in [3.8, 4) is 11.6 Å². The van der Waals surface area contributed by atoms with E-state index in [-0.39, 0.29) is 17.2 Å². The van der Waals surface area contributed by atoms with Gasteiger partial charge in [-0.15, -0.1) is 0 Å². The van der Waals surface area contributed by atoms with Crippen LogP contribution in [0.1, 0.15) is 55.5 Å². The first-order chi connectivity index (χ1) is 13.0. The van der Waals surface area contributed by atoms with Gasteiger partial charge < -0.3 is 10.5 Å². The van der Waals surface area contributed by atoms with E-state index in [9.17, 15) is 9.18 Å². The number of ether oxygens (including phenoxy) is 1. The van der Waals surface area contributed by atoms with Crippen molar-refractivity contribution in [1.82, 2.24) is 9.88 Å². The molecule has 0 bridgehead atoms. The Morgan fingerprint density at radius 2 is 1.85 bits per heavy atom. The summed E-state index contributed by atoms with van der Waals surface area (Å²) < 4.78 is 19.9. The maximum absolute atomic E-state index is 14.5. The third-order valence-corrected chi connectivity index (χ3v) is 4.29. The number of amides is 1. The molecule has 2 N–H and O–H groups in total. The van der Waals surface area contributed by atoms with Crippen molar-refractivity contribution < 1.29 is 13.9 Å². The minimum absolute atomic E-state index is 0.103. The van der Waals surface area contributed by atoms with Crippen molar-refractivity contribution in [2.75, 3.05) is 13.1 Å². The lowest BCUT2D eigenvalue weighted by Crippen LogP contribution is -2.25. The van der Waals surface area contributed by atoms with Crippen molar-refractivity contribution in [2.24, 2.45) is 5.73 Å². The Bertz CT molecular complexity index is 727. The first kappa shape index (κ1) is 20.8. The summed E-state index contributed by atoms with van der Waals surface area (Å²) in [4.78, 5) is 17.4. The van der Waals surface area contributed by atoms with Crippen LogP contribution in [-0.2, 0) is 6.54 Å². The third-order valence-electron chi connectivity index (χ3n) is 4.29. The fraction of sp³-hybridized carbons (Fsp3) is 0.429. The molecule has 1 aromatic heterocycles. The summed E-state index contributed by atoms with van der Waals surface area (Å²) in [5.74, 6) is -0.689. The summed E-state index contributed by atoms with van der Waals surface area (Å²) in [6, 6.07) is 7.99. The van der Waals surface area contributed by atoms with E-state index in [1.54, 1.807) is 6.07 Å². The van der Waals surface area contributed by atoms with Crippen LogP contribution in [0.25, 0.3) is 0 Å². The van der Waals surface area contributed by atoms with Crippen LogP contribution in [0.3, 0.4) is 0 Å². The zero-order chi connectivity index (χ0) is 19.6. The molecule has 0 fully saturated rings. The lowest BCUT2D eigenvalue weighted by molar-refractivity contribution is 0.1000. The largest absolute Gasteiger partial charge is 0.436 e. The lowest BCUT2D eigenvalue weighted by atomic mass is 10.1. The molecule has 5 nitrogen and oxygen atoms in total. The lowest BCUT2D eigenvalue weighted by Gasteiger charge is -2.22. The van der Waals surface area contributed by atoms with Gasteiger partial charge in [0.1, 0.15) is 0 Å². The summed E-state index contributed by atoms with van der Waals surface area (Å²) in [6.07, 6.45) is 5.88. The Morgan fingerprint density at radius 1 is 1.15 bits per heavy atom. The predicted octanol–water partition coefficient (Wildman–Crippen LogP) is 4.51. The molecule has 1 heterocycles. The number of nitrogens with zero attached hydrogens (tertiary/aromatic N) is 2. The van der Waals surface area contributed by atoms with Crippen molar-refractivity contribution in [3.63, 3.8) is 0 Å². The second-order valence-electron chi connectivity index (χ2n) is 6.60. The fourth-order valence-corrected chi connectivity index (χ4v) is 2.72. The van der Waals surface area contributed by atoms with Crippen molar-refractivity contribution in [3.05, 3.63) is 53.5 Å². The number of unbranched alkanes of at least 4 members (excludes halogenated alkanes) is 2. The molecule has 0 aliphatic rings. The van der Waals surface area contributed by atoms with Crippen molar-refractivity contribution in [2.45, 2.75) is 46.1 Å². The Hall–Kier alpha value is -2.47. The van der Waals surface area contributed by atoms with E-state index in [0.29, 0.717) is 0 Å². The van der Waals surface area contributed by atoms with Gasteiger partial charge in [0.2, 0.25) is 11.8 Å². The van der Waals surface area contributed by atoms with Crippen LogP contribution >= 0.6 is 0 Å². The summed E-state index contributed by atoms with van der Waals surface area (Å²) in [5.41, 5.74) is 6.37. The van der Waals surface area contributed by atoms with E-state index in [4.69, 9.17) is 10.5 Å². The highest BCUT2D eigenvalue weighted by atomic mass is 19.1. The Kier molecular flexibility index (Phi) is 8.20. The minimum atomic E-state index is -0.569. The van der Waals surface area contributed by atoms with Crippen LogP contribution in [0.15, 0.2) is 36.5 Å². The van der Waals surface area contributed by atoms with Crippen LogP contribution in [-0.4, -0.2) is 28.9 Å². The van der Waals surface area contributed by atoms with E-state index < -0.39 is 11.7 Å². The maximum atomic E-state index is 14.5. The van der Waals surface area contributed by atoms with E-state index in [0.717, 1.165) is 50.9 Å². The SMILES string of the molecule is CCCCN(CCCC)Cc1ccc(Oc2ccc(C(N)=O)cn2)c(F)c1. The smallest absolute Gasteiger partial charge is 0.250 e. The molecular weight excluding hydrogens is 345 g/mol. The van der Waals surface area contributed by atoms with E-state index >= 15 is 0 Å². The number of nitrogens with two attached hydrogens (primary N) is 1. The fourth-order valence-electron chi connectivity index (χ4n) is 2.72. The van der Waals surface area contributed by atoms with Gasteiger partial charge in [-0.25, -0.2) is 9.37 Å². The van der Waals surface area contributed by atoms with Crippen LogP contribution in [0.2, 0.25) is 0 Å². The normalized spacial score (nSPS) is 11.0. The van der Waals surface area contributed by atoms with E-state index in [2.05, 4.69) is 23.7 Å². The Morgan fingerprint density at radius 3 is 2.37 bits per heavy atom. The molecule has 0 saturated heterocycles. The Balaban J connectivity index is 2.03. The first-order valence-electron chi connectivity index (χ1n) is 9.48. The average molecular weight is 373 g/mol. The number of pyridine rings is 1. The van der Waals surface area contributed by atoms with Gasteiger partial charge in [0.15, 0.2) is 11.6 Å². The number of primary amides is 1. The third kappa shape index (κ3) is 6.64. The summed E-state index contributed by atoms with van der Waals surface area (Å²) in [7, 11) is 0. The number of halogens is 1. The minimum Gasteiger partial charge on any atom is -0.436 e. The molecule has 2 rings (SSSR count). The highest BCUT2D eigenvalue weighted by molar-refractivity contribution is 5.92. The molecule has 0 spiro atoms. The number of benzene rings is 1. The van der Waals surface area contributed by atoms with E-state index in [1.165, 1.54) is 24.4 Å². The van der Waals surface area contributed by atoms with E-state index in [1.807, 2.05) is 6.07 Å². The van der Waals surface area contributed by atoms with Gasteiger partial charge in [0.25, 0.3) is 0 Å². The highest BCUT2D eigenvalue weighted by Crippen LogP contribution is 2.24. The first-order valence-corrected chi connectivity index (χ1v) is 9.48. The molecular formula is C21H28FN3O2. The standard InChI is InChI=1S/C21H28FN3O2/c1-3-5-11-25(12-6-4-2)15-16-7-9-19(18(22)13-16)27-20-10-8-17(14-24-20)21(23)26/h7-10,13-14H,3-6,11-12,15H2,1-2H3,(H2,23,26). The molecule has 0 aliphatic heterocycles. The second-order valence-corrected chi connectivity index (χ2v) is 6.60. The molecule has 1 amide bonds. The van der Waals surface area contributed by atoms with Gasteiger partial charge in [-0.05, 0) is 49.7 Å². The predicted molar refractivity (Wildman–Crippen MR) is 104 cm³/mol. The van der Waals surface area contributed by atoms with Crippen LogP contribution < -0.4 is 10.5 Å². The zero-order valence-electron chi connectivity index (χ0n) is 16.1. The van der Waals surface area contributed by atoms with Gasteiger partial charge in [0, 0.05) is 18.8 Å². The molecule has 0 atom stereocenters. The maximum Gasteiger partial charge on any atom is 0.250 e. The molecule has 0 radical (unpaired) electrons. The molecule has 0 unspecified atom stereocenters. The van der Waals surface area contributed by atoms with Gasteiger partial charge in [0.05, 0.1) is 5.56 Å². The molecule has 6 heteroatoms. The number of hydrogen-bond donors (Lipinski definition) is 1. The summed E-state index contributed by atoms with van der Waals surface area (Å²) in [5, 5.41) is 0. The molecule has 27 heavy (non-hydrogen) atoms. The molecule has 146 valence electrons. The second kappa shape index (κ2) is 10.6. The quantitative estimate of drug-likeness (QED) is 0.629. The monoisotopic (exact) mass is 373 g/mol. The zero-order valence-corrected chi connectivity index (χ0v) is 16.1. The number of carbonyl (C=O) groups excluding carboxylic acids is 1. The molecule has 1 aromatic carbocycles. The topological polar surface area (TPSA) is 68.5 Å². The Labute approximate surface area is 160 Å². The molecule has 0 aliphatic carbocycles.